The molecule has 8 heteroatoms. The first-order valence-electron chi connectivity index (χ1n) is 5.68. The number of pyridine rings is 2. The molecule has 108 valence electrons. The predicted octanol–water partition coefficient (Wildman–Crippen LogP) is 2.93. The second-order valence-electron chi connectivity index (χ2n) is 3.87. The third-order valence-electron chi connectivity index (χ3n) is 2.47. The Labute approximate surface area is 133 Å². The lowest BCUT2D eigenvalue weighted by Gasteiger charge is -2.07. The van der Waals surface area contributed by atoms with Gasteiger partial charge < -0.3 is 10.1 Å². The summed E-state index contributed by atoms with van der Waals surface area (Å²) < 4.78 is 5.21. The molecular formula is C13H9BrClN3O3. The van der Waals surface area contributed by atoms with Crippen molar-refractivity contribution in [1.29, 1.82) is 0 Å². The average molecular weight is 371 g/mol. The van der Waals surface area contributed by atoms with Crippen molar-refractivity contribution in [3.05, 3.63) is 51.5 Å². The number of anilines is 1. The van der Waals surface area contributed by atoms with Gasteiger partial charge in [-0.1, -0.05) is 11.6 Å². The van der Waals surface area contributed by atoms with E-state index in [0.29, 0.717) is 10.2 Å². The molecule has 0 fully saturated rings. The first-order valence-corrected chi connectivity index (χ1v) is 6.85. The van der Waals surface area contributed by atoms with E-state index >= 15 is 0 Å². The molecule has 0 spiro atoms. The van der Waals surface area contributed by atoms with Crippen molar-refractivity contribution in [2.24, 2.45) is 0 Å². The van der Waals surface area contributed by atoms with E-state index in [1.165, 1.54) is 31.6 Å². The molecule has 1 amide bonds. The molecule has 0 saturated heterocycles. The van der Waals surface area contributed by atoms with Crippen LogP contribution in [0, 0.1) is 0 Å². The molecule has 2 aromatic heterocycles. The van der Waals surface area contributed by atoms with E-state index < -0.39 is 11.9 Å². The first kappa shape index (κ1) is 15.4. The van der Waals surface area contributed by atoms with E-state index in [-0.39, 0.29) is 16.4 Å². The second kappa shape index (κ2) is 6.64. The van der Waals surface area contributed by atoms with E-state index in [9.17, 15) is 9.59 Å². The Morgan fingerprint density at radius 2 is 2.05 bits per heavy atom. The molecule has 2 rings (SSSR count). The van der Waals surface area contributed by atoms with Gasteiger partial charge in [0.05, 0.1) is 18.4 Å². The minimum atomic E-state index is -0.568. The van der Waals surface area contributed by atoms with E-state index in [1.54, 1.807) is 6.07 Å². The van der Waals surface area contributed by atoms with Gasteiger partial charge in [0.25, 0.3) is 5.91 Å². The monoisotopic (exact) mass is 369 g/mol. The largest absolute Gasteiger partial charge is 0.464 e. The van der Waals surface area contributed by atoms with Gasteiger partial charge in [-0.2, -0.15) is 0 Å². The maximum Gasteiger partial charge on any atom is 0.356 e. The Hall–Kier alpha value is -1.99. The van der Waals surface area contributed by atoms with Crippen molar-refractivity contribution < 1.29 is 14.3 Å². The highest BCUT2D eigenvalue weighted by Gasteiger charge is 2.12. The van der Waals surface area contributed by atoms with Crippen molar-refractivity contribution in [3.63, 3.8) is 0 Å². The summed E-state index contributed by atoms with van der Waals surface area (Å²) >= 11 is 9.13. The zero-order valence-corrected chi connectivity index (χ0v) is 13.1. The van der Waals surface area contributed by atoms with Gasteiger partial charge in [-0.3, -0.25) is 4.79 Å². The molecule has 1 N–H and O–H groups in total. The van der Waals surface area contributed by atoms with Gasteiger partial charge in [-0.05, 0) is 34.1 Å². The highest BCUT2D eigenvalue weighted by Crippen LogP contribution is 2.23. The van der Waals surface area contributed by atoms with E-state index in [4.69, 9.17) is 11.6 Å². The fourth-order valence-corrected chi connectivity index (χ4v) is 1.94. The van der Waals surface area contributed by atoms with Gasteiger partial charge in [0.15, 0.2) is 5.15 Å². The molecule has 0 bridgehead atoms. The van der Waals surface area contributed by atoms with Gasteiger partial charge in [0, 0.05) is 16.9 Å². The Bertz CT molecular complexity index is 692. The molecule has 0 saturated carbocycles. The molecule has 0 aliphatic heterocycles. The number of nitrogens with one attached hydrogen (secondary N) is 1. The number of aromatic nitrogens is 2. The molecule has 2 aromatic rings. The molecule has 21 heavy (non-hydrogen) atoms. The number of hydrogen-bond donors (Lipinski definition) is 1. The van der Waals surface area contributed by atoms with Crippen LogP contribution in [0.5, 0.6) is 0 Å². The topological polar surface area (TPSA) is 81.2 Å². The molecule has 0 radical (unpaired) electrons. The quantitative estimate of drug-likeness (QED) is 0.663. The number of amides is 1. The SMILES string of the molecule is COC(=O)c1ccc(C(=O)Nc2cc(Br)cnc2Cl)cn1. The predicted molar refractivity (Wildman–Crippen MR) is 80.5 cm³/mol. The van der Waals surface area contributed by atoms with Crippen LogP contribution in [0.1, 0.15) is 20.8 Å². The molecule has 6 nitrogen and oxygen atoms in total. The molecule has 0 aromatic carbocycles. The van der Waals surface area contributed by atoms with Crippen LogP contribution in [0.2, 0.25) is 5.15 Å². The Morgan fingerprint density at radius 3 is 2.67 bits per heavy atom. The second-order valence-corrected chi connectivity index (χ2v) is 5.14. The zero-order chi connectivity index (χ0) is 15.4. The summed E-state index contributed by atoms with van der Waals surface area (Å²) in [4.78, 5) is 31.1. The Kier molecular flexibility index (Phi) is 4.87. The zero-order valence-electron chi connectivity index (χ0n) is 10.8. The van der Waals surface area contributed by atoms with Crippen LogP contribution >= 0.6 is 27.5 Å². The fraction of sp³-hybridized carbons (Fsp3) is 0.0769. The van der Waals surface area contributed by atoms with E-state index in [2.05, 4.69) is 36.0 Å². The number of esters is 1. The van der Waals surface area contributed by atoms with Crippen molar-refractivity contribution in [1.82, 2.24) is 9.97 Å². The number of methoxy groups -OCH3 is 1. The lowest BCUT2D eigenvalue weighted by atomic mass is 10.2. The summed E-state index contributed by atoms with van der Waals surface area (Å²) in [7, 11) is 1.26. The smallest absolute Gasteiger partial charge is 0.356 e. The normalized spacial score (nSPS) is 10.0. The summed E-state index contributed by atoms with van der Waals surface area (Å²) in [6.45, 7) is 0. The highest BCUT2D eigenvalue weighted by atomic mass is 79.9. The van der Waals surface area contributed by atoms with Crippen molar-refractivity contribution in [3.8, 4) is 0 Å². The van der Waals surface area contributed by atoms with Crippen molar-refractivity contribution in [2.75, 3.05) is 12.4 Å². The summed E-state index contributed by atoms with van der Waals surface area (Å²) in [5.74, 6) is -0.984. The van der Waals surface area contributed by atoms with E-state index in [0.717, 1.165) is 0 Å². The molecule has 0 unspecified atom stereocenters. The van der Waals surface area contributed by atoms with Gasteiger partial charge in [-0.25, -0.2) is 14.8 Å². The van der Waals surface area contributed by atoms with Crippen LogP contribution in [0.3, 0.4) is 0 Å². The summed E-state index contributed by atoms with van der Waals surface area (Å²) in [5.41, 5.74) is 0.767. The summed E-state index contributed by atoms with van der Waals surface area (Å²) in [5, 5.41) is 2.78. The first-order chi connectivity index (χ1) is 10.0. The highest BCUT2D eigenvalue weighted by molar-refractivity contribution is 9.10. The van der Waals surface area contributed by atoms with Crippen molar-refractivity contribution in [2.45, 2.75) is 0 Å². The van der Waals surface area contributed by atoms with Crippen molar-refractivity contribution >= 4 is 45.1 Å². The van der Waals surface area contributed by atoms with Crippen LogP contribution in [0.25, 0.3) is 0 Å². The molecule has 0 aliphatic rings. The minimum absolute atomic E-state index is 0.121. The van der Waals surface area contributed by atoms with Crippen LogP contribution in [0.4, 0.5) is 5.69 Å². The number of nitrogens with zero attached hydrogens (tertiary/aromatic N) is 2. The number of halogens is 2. The summed E-state index contributed by atoms with van der Waals surface area (Å²) in [6, 6.07) is 4.50. The number of carbonyl (C=O) groups excluding carboxylic acids is 2. The fourth-order valence-electron chi connectivity index (χ4n) is 1.46. The lowest BCUT2D eigenvalue weighted by molar-refractivity contribution is 0.0593. The third-order valence-corrected chi connectivity index (χ3v) is 3.21. The van der Waals surface area contributed by atoms with Crippen LogP contribution in [-0.4, -0.2) is 29.0 Å². The van der Waals surface area contributed by atoms with Crippen LogP contribution in [-0.2, 0) is 4.74 Å². The number of ether oxygens (including phenoxy) is 1. The third kappa shape index (κ3) is 3.77. The molecule has 2 heterocycles. The Morgan fingerprint density at radius 1 is 1.29 bits per heavy atom. The Balaban J connectivity index is 2.17. The average Bonchev–Trinajstić information content (AvgIpc) is 2.50. The number of rotatable bonds is 3. The maximum absolute atomic E-state index is 12.1. The summed E-state index contributed by atoms with van der Waals surface area (Å²) in [6.07, 6.45) is 2.80. The molecule has 0 atom stereocenters. The maximum atomic E-state index is 12.1. The van der Waals surface area contributed by atoms with Crippen LogP contribution < -0.4 is 5.32 Å². The van der Waals surface area contributed by atoms with Gasteiger partial charge in [0.1, 0.15) is 5.69 Å². The van der Waals surface area contributed by atoms with E-state index in [1.807, 2.05) is 0 Å². The molecular weight excluding hydrogens is 362 g/mol. The molecule has 0 aliphatic carbocycles. The minimum Gasteiger partial charge on any atom is -0.464 e. The van der Waals surface area contributed by atoms with Gasteiger partial charge in [-0.15, -0.1) is 0 Å². The van der Waals surface area contributed by atoms with Crippen LogP contribution in [0.15, 0.2) is 35.1 Å². The van der Waals surface area contributed by atoms with Gasteiger partial charge >= 0.3 is 5.97 Å². The van der Waals surface area contributed by atoms with Gasteiger partial charge in [0.2, 0.25) is 0 Å². The lowest BCUT2D eigenvalue weighted by Crippen LogP contribution is -2.14. The number of hydrogen-bond acceptors (Lipinski definition) is 5. The number of carbonyl (C=O) groups is 2. The standard InChI is InChI=1S/C13H9BrClN3O3/c1-21-13(20)9-3-2-7(5-16-9)12(19)18-10-4-8(14)6-17-11(10)15/h2-6H,1H3,(H,18,19).